The Morgan fingerprint density at radius 2 is 1.78 bits per heavy atom. The van der Waals surface area contributed by atoms with Crippen LogP contribution in [-0.4, -0.2) is 86.5 Å². The average Bonchev–Trinajstić information content (AvgIpc) is 3.87. The lowest BCUT2D eigenvalue weighted by Crippen LogP contribution is -2.36. The van der Waals surface area contributed by atoms with E-state index in [0.717, 1.165) is 29.5 Å². The smallest absolute Gasteiger partial charge is 0.262 e. The number of epoxide rings is 1. The van der Waals surface area contributed by atoms with Gasteiger partial charge >= 0.3 is 0 Å². The lowest BCUT2D eigenvalue weighted by atomic mass is 9.94. The number of benzene rings is 3. The predicted octanol–water partition coefficient (Wildman–Crippen LogP) is 5.65. The average molecular weight is 649 g/mol. The number of hydrogen-bond donors (Lipinski definition) is 1. The van der Waals surface area contributed by atoms with Crippen molar-refractivity contribution in [3.05, 3.63) is 82.3 Å². The standard InChI is InChI=1S/C35H38ClFN4O5/c1-20-23(8-7-11-29(20)38-32(42)27-19-40(3)34-35(46-34)41(4)33(27)43)25-10-6-9-24(31(25)36)21-16-28(37)26(30(17-21)44-5)18-39(2)22-12-14-45-15-13-22/h6-11,16-17,19,22,34-35H,12-15,18H2,1-5H3,(H,38,42). The Balaban J connectivity index is 1.27. The van der Waals surface area contributed by atoms with Crippen molar-refractivity contribution < 1.29 is 28.2 Å². The van der Waals surface area contributed by atoms with E-state index < -0.39 is 11.8 Å². The second kappa shape index (κ2) is 13.0. The fourth-order valence-electron chi connectivity index (χ4n) is 6.29. The molecule has 0 aromatic heterocycles. The van der Waals surface area contributed by atoms with Crippen molar-refractivity contribution in [3.63, 3.8) is 0 Å². The Morgan fingerprint density at radius 3 is 2.52 bits per heavy atom. The van der Waals surface area contributed by atoms with E-state index >= 15 is 4.39 Å². The van der Waals surface area contributed by atoms with Crippen molar-refractivity contribution in [2.45, 2.75) is 44.8 Å². The first-order chi connectivity index (χ1) is 22.1. The van der Waals surface area contributed by atoms with Gasteiger partial charge in [-0.05, 0) is 61.7 Å². The Labute approximate surface area is 273 Å². The maximum Gasteiger partial charge on any atom is 0.262 e. The van der Waals surface area contributed by atoms with Crippen molar-refractivity contribution in [2.24, 2.45) is 0 Å². The number of methoxy groups -OCH3 is 1. The summed E-state index contributed by atoms with van der Waals surface area (Å²) in [4.78, 5) is 31.7. The second-order valence-corrected chi connectivity index (χ2v) is 12.4. The van der Waals surface area contributed by atoms with Gasteiger partial charge in [0.05, 0.1) is 12.1 Å². The molecule has 3 aliphatic rings. The zero-order valence-electron chi connectivity index (χ0n) is 26.6. The predicted molar refractivity (Wildman–Crippen MR) is 175 cm³/mol. The lowest BCUT2D eigenvalue weighted by molar-refractivity contribution is -0.129. The van der Waals surface area contributed by atoms with E-state index in [0.29, 0.717) is 59.0 Å². The molecule has 1 N–H and O–H groups in total. The number of fused-ring (bicyclic) bond motifs is 1. The van der Waals surface area contributed by atoms with Crippen LogP contribution in [0.2, 0.25) is 5.02 Å². The molecule has 46 heavy (non-hydrogen) atoms. The molecule has 0 radical (unpaired) electrons. The van der Waals surface area contributed by atoms with Gasteiger partial charge in [-0.1, -0.05) is 41.9 Å². The normalized spacial score (nSPS) is 19.9. The lowest BCUT2D eigenvalue weighted by Gasteiger charge is -2.31. The molecule has 9 nitrogen and oxygen atoms in total. The maximum absolute atomic E-state index is 15.7. The summed E-state index contributed by atoms with van der Waals surface area (Å²) in [6.45, 7) is 3.71. The number of nitrogens with zero attached hydrogens (tertiary/aromatic N) is 3. The first-order valence-corrected chi connectivity index (χ1v) is 15.7. The highest BCUT2D eigenvalue weighted by Crippen LogP contribution is 2.41. The number of halogens is 2. The SMILES string of the molecule is COc1cc(-c2cccc(-c3cccc(NC(=O)C4=CN(C)C5OC5N(C)C4=O)c3C)c2Cl)cc(F)c1CN(C)C1CCOCC1. The summed E-state index contributed by atoms with van der Waals surface area (Å²) in [5.41, 5.74) is 4.57. The van der Waals surface area contributed by atoms with Gasteiger partial charge in [0.1, 0.15) is 17.1 Å². The molecule has 3 aliphatic heterocycles. The van der Waals surface area contributed by atoms with Gasteiger partial charge in [-0.3, -0.25) is 14.5 Å². The van der Waals surface area contributed by atoms with Crippen LogP contribution in [0, 0.1) is 12.7 Å². The van der Waals surface area contributed by atoms with E-state index in [1.807, 2.05) is 50.4 Å². The molecular formula is C35H38ClFN4O5. The number of likely N-dealkylation sites (N-methyl/N-ethyl adjacent to an activating group) is 2. The van der Waals surface area contributed by atoms with Gasteiger partial charge < -0.3 is 29.3 Å². The molecule has 11 heteroatoms. The third-order valence-corrected chi connectivity index (χ3v) is 9.54. The van der Waals surface area contributed by atoms with Crippen LogP contribution in [0.5, 0.6) is 5.75 Å². The molecule has 2 amide bonds. The van der Waals surface area contributed by atoms with Crippen molar-refractivity contribution >= 4 is 29.1 Å². The van der Waals surface area contributed by atoms with Gasteiger partial charge in [-0.25, -0.2) is 4.39 Å². The fourth-order valence-corrected chi connectivity index (χ4v) is 6.63. The van der Waals surface area contributed by atoms with Crippen molar-refractivity contribution in [1.29, 1.82) is 0 Å². The van der Waals surface area contributed by atoms with E-state index in [2.05, 4.69) is 10.2 Å². The molecule has 0 bridgehead atoms. The highest BCUT2D eigenvalue weighted by atomic mass is 35.5. The van der Waals surface area contributed by atoms with Crippen LogP contribution < -0.4 is 10.1 Å². The zero-order valence-corrected chi connectivity index (χ0v) is 27.4. The number of amides is 2. The molecule has 2 fully saturated rings. The van der Waals surface area contributed by atoms with Crippen LogP contribution >= 0.6 is 11.6 Å². The minimum absolute atomic E-state index is 0.0176. The van der Waals surface area contributed by atoms with Crippen molar-refractivity contribution in [1.82, 2.24) is 14.7 Å². The third kappa shape index (κ3) is 6.10. The number of carbonyl (C=O) groups is 2. The molecular weight excluding hydrogens is 611 g/mol. The highest BCUT2D eigenvalue weighted by Gasteiger charge is 2.50. The summed E-state index contributed by atoms with van der Waals surface area (Å²) < 4.78 is 32.4. The quantitative estimate of drug-likeness (QED) is 0.250. The summed E-state index contributed by atoms with van der Waals surface area (Å²) in [5.74, 6) is -0.838. The van der Waals surface area contributed by atoms with E-state index in [-0.39, 0.29) is 23.8 Å². The third-order valence-electron chi connectivity index (χ3n) is 9.14. The number of hydrogen-bond acceptors (Lipinski definition) is 7. The molecule has 0 saturated carbocycles. The monoisotopic (exact) mass is 648 g/mol. The minimum atomic E-state index is -0.518. The molecule has 3 aromatic carbocycles. The Hall–Kier alpha value is -3.96. The summed E-state index contributed by atoms with van der Waals surface area (Å²) in [6.07, 6.45) is 2.70. The molecule has 2 saturated heterocycles. The number of rotatable bonds is 8. The van der Waals surface area contributed by atoms with E-state index in [1.165, 1.54) is 17.2 Å². The second-order valence-electron chi connectivity index (χ2n) is 12.0. The van der Waals surface area contributed by atoms with Gasteiger partial charge in [0.15, 0.2) is 12.5 Å². The molecule has 6 rings (SSSR count). The Kier molecular flexibility index (Phi) is 9.07. The van der Waals surface area contributed by atoms with Crippen LogP contribution in [0.1, 0.15) is 24.0 Å². The molecule has 242 valence electrons. The van der Waals surface area contributed by atoms with Gasteiger partial charge in [0.2, 0.25) is 0 Å². The van der Waals surface area contributed by atoms with Gasteiger partial charge in [0.25, 0.3) is 11.8 Å². The number of nitrogens with one attached hydrogen (secondary N) is 1. The van der Waals surface area contributed by atoms with Gasteiger partial charge in [-0.2, -0.15) is 0 Å². The van der Waals surface area contributed by atoms with Crippen LogP contribution in [0.4, 0.5) is 10.1 Å². The molecule has 0 aliphatic carbocycles. The van der Waals surface area contributed by atoms with Crippen LogP contribution in [0.15, 0.2) is 60.3 Å². The number of ether oxygens (including phenoxy) is 3. The van der Waals surface area contributed by atoms with Crippen LogP contribution in [0.3, 0.4) is 0 Å². The first kappa shape index (κ1) is 32.0. The Bertz CT molecular complexity index is 1710. The topological polar surface area (TPSA) is 86.9 Å². The molecule has 0 spiro atoms. The van der Waals surface area contributed by atoms with Crippen LogP contribution in [-0.2, 0) is 25.6 Å². The zero-order chi connectivity index (χ0) is 32.7. The van der Waals surface area contributed by atoms with Gasteiger partial charge in [0, 0.05) is 68.5 Å². The molecule has 2 atom stereocenters. The highest BCUT2D eigenvalue weighted by molar-refractivity contribution is 6.36. The summed E-state index contributed by atoms with van der Waals surface area (Å²) in [6, 6.07) is 14.8. The van der Waals surface area contributed by atoms with Crippen molar-refractivity contribution in [2.75, 3.05) is 46.8 Å². The molecule has 3 aromatic rings. The first-order valence-electron chi connectivity index (χ1n) is 15.3. The summed E-state index contributed by atoms with van der Waals surface area (Å²) in [5, 5.41) is 3.35. The minimum Gasteiger partial charge on any atom is -0.496 e. The molecule has 2 unspecified atom stereocenters. The number of carbonyl (C=O) groups excluding carboxylic acids is 2. The van der Waals surface area contributed by atoms with Crippen molar-refractivity contribution in [3.8, 4) is 28.0 Å². The number of anilines is 1. The van der Waals surface area contributed by atoms with E-state index in [1.54, 1.807) is 32.2 Å². The van der Waals surface area contributed by atoms with Gasteiger partial charge in [-0.15, -0.1) is 0 Å². The Morgan fingerprint density at radius 1 is 1.09 bits per heavy atom. The summed E-state index contributed by atoms with van der Waals surface area (Å²) in [7, 11) is 6.94. The maximum atomic E-state index is 15.7. The molecule has 3 heterocycles. The summed E-state index contributed by atoms with van der Waals surface area (Å²) >= 11 is 7.04. The van der Waals surface area contributed by atoms with E-state index in [9.17, 15) is 9.59 Å². The van der Waals surface area contributed by atoms with Crippen LogP contribution in [0.25, 0.3) is 22.3 Å². The van der Waals surface area contributed by atoms with E-state index in [4.69, 9.17) is 25.8 Å². The largest absolute Gasteiger partial charge is 0.496 e. The fraction of sp³-hybridized carbons (Fsp3) is 0.371.